The molecule has 0 unspecified atom stereocenters. The molecule has 0 saturated carbocycles. The summed E-state index contributed by atoms with van der Waals surface area (Å²) in [7, 11) is 0. The van der Waals surface area contributed by atoms with Gasteiger partial charge in [-0.3, -0.25) is 4.90 Å². The van der Waals surface area contributed by atoms with Crippen molar-refractivity contribution in [3.8, 4) is 11.1 Å². The lowest BCUT2D eigenvalue weighted by Crippen LogP contribution is -2.41. The van der Waals surface area contributed by atoms with Gasteiger partial charge in [-0.05, 0) is 91.1 Å². The average Bonchev–Trinajstić information content (AvgIpc) is 3.58. The van der Waals surface area contributed by atoms with Gasteiger partial charge in [0.15, 0.2) is 0 Å². The summed E-state index contributed by atoms with van der Waals surface area (Å²) in [6.07, 6.45) is -9.54. The number of rotatable bonds is 6. The molecule has 3 heterocycles. The third kappa shape index (κ3) is 6.14. The molecule has 0 radical (unpaired) electrons. The molecule has 2 aliphatic rings. The fourth-order valence-corrected chi connectivity index (χ4v) is 6.51. The number of nitrogens with two attached hydrogens (primary N) is 1. The van der Waals surface area contributed by atoms with Crippen molar-refractivity contribution in [3.05, 3.63) is 99.4 Å². The van der Waals surface area contributed by atoms with Crippen LogP contribution in [-0.2, 0) is 29.9 Å². The summed E-state index contributed by atoms with van der Waals surface area (Å²) >= 11 is 0. The molecule has 0 spiro atoms. The first kappa shape index (κ1) is 31.4. The minimum Gasteiger partial charge on any atom is -0.439 e. The van der Waals surface area contributed by atoms with E-state index in [1.165, 1.54) is 4.90 Å². The van der Waals surface area contributed by atoms with Crippen LogP contribution in [0.3, 0.4) is 0 Å². The standard InChI is InChI=1S/C33H30F6N4O3/c1-17-6-10-23(24-13-19(8-7-18(24)2)9-11-28-41-42-30(40)45-28)25(12-17)26-4-3-5-27-29(46-31(44)43(26)27)20-14-21(32(34,35)36)16-22(15-20)33(37,38)39/h6-8,10,12-16,26-27,29H,3-5,9,11H2,1-2H3,(H2,40,42)/t26-,27-,29+/m0/s1. The van der Waals surface area contributed by atoms with Crippen molar-refractivity contribution in [1.29, 1.82) is 0 Å². The Morgan fingerprint density at radius 2 is 1.59 bits per heavy atom. The first-order valence-corrected chi connectivity index (χ1v) is 14.8. The Kier molecular flexibility index (Phi) is 7.97. The van der Waals surface area contributed by atoms with E-state index >= 15 is 0 Å². The molecular weight excluding hydrogens is 614 g/mol. The highest BCUT2D eigenvalue weighted by atomic mass is 19.4. The Morgan fingerprint density at radius 3 is 2.24 bits per heavy atom. The molecule has 242 valence electrons. The van der Waals surface area contributed by atoms with Crippen LogP contribution >= 0.6 is 0 Å². The molecule has 13 heteroatoms. The van der Waals surface area contributed by atoms with E-state index in [2.05, 4.69) is 16.3 Å². The number of ether oxygens (including phenoxy) is 1. The van der Waals surface area contributed by atoms with Gasteiger partial charge in [-0.25, -0.2) is 4.79 Å². The van der Waals surface area contributed by atoms with Crippen molar-refractivity contribution in [2.75, 3.05) is 5.73 Å². The monoisotopic (exact) mass is 644 g/mol. The van der Waals surface area contributed by atoms with Crippen LogP contribution in [0.4, 0.5) is 37.2 Å². The number of carbonyl (C=O) groups excluding carboxylic acids is 1. The number of nitrogen functional groups attached to an aromatic ring is 1. The highest BCUT2D eigenvalue weighted by Gasteiger charge is 2.49. The van der Waals surface area contributed by atoms with E-state index in [1.807, 2.05) is 44.2 Å². The van der Waals surface area contributed by atoms with Crippen molar-refractivity contribution >= 4 is 12.1 Å². The number of aromatic nitrogens is 2. The number of piperidine rings is 1. The number of amides is 1. The molecule has 1 amide bonds. The van der Waals surface area contributed by atoms with E-state index in [1.54, 1.807) is 0 Å². The summed E-state index contributed by atoms with van der Waals surface area (Å²) in [6.45, 7) is 3.89. The van der Waals surface area contributed by atoms with Gasteiger partial charge in [0.2, 0.25) is 5.89 Å². The lowest BCUT2D eigenvalue weighted by atomic mass is 9.83. The predicted molar refractivity (Wildman–Crippen MR) is 155 cm³/mol. The number of benzene rings is 3. The van der Waals surface area contributed by atoms with E-state index in [0.29, 0.717) is 50.1 Å². The van der Waals surface area contributed by atoms with Crippen LogP contribution in [0.2, 0.25) is 0 Å². The molecule has 2 fully saturated rings. The molecular formula is C33H30F6N4O3. The fraction of sp³-hybridized carbons (Fsp3) is 0.364. The van der Waals surface area contributed by atoms with Crippen LogP contribution in [-0.4, -0.2) is 27.2 Å². The van der Waals surface area contributed by atoms with Crippen LogP contribution < -0.4 is 5.73 Å². The average molecular weight is 645 g/mol. The van der Waals surface area contributed by atoms with Crippen molar-refractivity contribution in [2.45, 2.75) is 76.5 Å². The minimum atomic E-state index is -5.02. The van der Waals surface area contributed by atoms with Crippen LogP contribution in [0.15, 0.2) is 59.0 Å². The number of hydrogen-bond donors (Lipinski definition) is 1. The second-order valence-corrected chi connectivity index (χ2v) is 11.8. The lowest BCUT2D eigenvalue weighted by molar-refractivity contribution is -0.143. The van der Waals surface area contributed by atoms with Crippen LogP contribution in [0.25, 0.3) is 11.1 Å². The third-order valence-electron chi connectivity index (χ3n) is 8.67. The number of anilines is 1. The minimum absolute atomic E-state index is 0.00814. The fourth-order valence-electron chi connectivity index (χ4n) is 6.51. The number of aryl methyl sites for hydroxylation is 4. The number of cyclic esters (lactones) is 1. The van der Waals surface area contributed by atoms with E-state index < -0.39 is 47.8 Å². The number of nitrogens with zero attached hydrogens (tertiary/aromatic N) is 3. The third-order valence-corrected chi connectivity index (χ3v) is 8.67. The van der Waals surface area contributed by atoms with Crippen LogP contribution in [0.5, 0.6) is 0 Å². The molecule has 6 rings (SSSR count). The molecule has 1 aromatic heterocycles. The Hall–Kier alpha value is -4.55. The Morgan fingerprint density at radius 1 is 0.870 bits per heavy atom. The first-order chi connectivity index (χ1) is 21.7. The van der Waals surface area contributed by atoms with E-state index in [9.17, 15) is 31.1 Å². The number of halogens is 6. The van der Waals surface area contributed by atoms with Gasteiger partial charge < -0.3 is 14.9 Å². The highest BCUT2D eigenvalue weighted by molar-refractivity contribution is 5.76. The van der Waals surface area contributed by atoms with Gasteiger partial charge in [0, 0.05) is 6.42 Å². The van der Waals surface area contributed by atoms with Gasteiger partial charge in [-0.2, -0.15) is 26.3 Å². The molecule has 46 heavy (non-hydrogen) atoms. The van der Waals surface area contributed by atoms with Crippen molar-refractivity contribution in [1.82, 2.24) is 15.1 Å². The number of fused-ring (bicyclic) bond motifs is 1. The Labute approximate surface area is 260 Å². The second kappa shape index (κ2) is 11.7. The molecule has 2 N–H and O–H groups in total. The number of alkyl halides is 6. The van der Waals surface area contributed by atoms with E-state index in [0.717, 1.165) is 33.4 Å². The van der Waals surface area contributed by atoms with Gasteiger partial charge in [0.1, 0.15) is 6.10 Å². The molecule has 0 aliphatic carbocycles. The predicted octanol–water partition coefficient (Wildman–Crippen LogP) is 8.55. The van der Waals surface area contributed by atoms with Gasteiger partial charge >= 0.3 is 24.5 Å². The topological polar surface area (TPSA) is 94.5 Å². The summed E-state index contributed by atoms with van der Waals surface area (Å²) in [4.78, 5) is 14.9. The summed E-state index contributed by atoms with van der Waals surface area (Å²) in [6, 6.07) is 12.0. The second-order valence-electron chi connectivity index (χ2n) is 11.8. The van der Waals surface area contributed by atoms with Crippen LogP contribution in [0.1, 0.15) is 76.2 Å². The van der Waals surface area contributed by atoms with Crippen molar-refractivity contribution in [2.24, 2.45) is 0 Å². The Balaban J connectivity index is 1.36. The van der Waals surface area contributed by atoms with Gasteiger partial charge in [0.05, 0.1) is 23.2 Å². The lowest BCUT2D eigenvalue weighted by Gasteiger charge is -2.38. The quantitative estimate of drug-likeness (QED) is 0.212. The molecule has 0 bridgehead atoms. The van der Waals surface area contributed by atoms with Crippen molar-refractivity contribution in [3.63, 3.8) is 0 Å². The SMILES string of the molecule is Cc1ccc(-c2cc(CCc3nnc(N)o3)ccc2C)c([C@@H]2CCC[C@H]3[C@@H](c4cc(C(F)(F)F)cc(C(F)(F)F)c4)OC(=O)N23)c1. The maximum Gasteiger partial charge on any atom is 0.416 e. The molecule has 3 atom stereocenters. The van der Waals surface area contributed by atoms with E-state index in [4.69, 9.17) is 14.9 Å². The van der Waals surface area contributed by atoms with Gasteiger partial charge in [0.25, 0.3) is 0 Å². The normalized spacial score (nSPS) is 20.1. The Bertz CT molecular complexity index is 1750. The summed E-state index contributed by atoms with van der Waals surface area (Å²) in [5.41, 5.74) is 7.84. The smallest absolute Gasteiger partial charge is 0.416 e. The first-order valence-electron chi connectivity index (χ1n) is 14.8. The number of hydrogen-bond acceptors (Lipinski definition) is 6. The van der Waals surface area contributed by atoms with E-state index in [-0.39, 0.29) is 17.6 Å². The van der Waals surface area contributed by atoms with Gasteiger partial charge in [-0.1, -0.05) is 47.1 Å². The zero-order chi connectivity index (χ0) is 33.0. The largest absolute Gasteiger partial charge is 0.439 e. The zero-order valence-corrected chi connectivity index (χ0v) is 24.9. The summed E-state index contributed by atoms with van der Waals surface area (Å²) in [5.74, 6) is 0.411. The molecule has 7 nitrogen and oxygen atoms in total. The van der Waals surface area contributed by atoms with Crippen molar-refractivity contribution < 1.29 is 40.3 Å². The number of carbonyl (C=O) groups is 1. The molecule has 3 aromatic carbocycles. The molecule has 4 aromatic rings. The molecule has 2 aliphatic heterocycles. The van der Waals surface area contributed by atoms with Crippen LogP contribution in [0, 0.1) is 13.8 Å². The molecule has 2 saturated heterocycles. The summed E-state index contributed by atoms with van der Waals surface area (Å²) in [5, 5.41) is 7.60. The zero-order valence-electron chi connectivity index (χ0n) is 24.9. The maximum atomic E-state index is 13.7. The van der Waals surface area contributed by atoms with Gasteiger partial charge in [-0.15, -0.1) is 5.10 Å². The highest BCUT2D eigenvalue weighted by Crippen LogP contribution is 2.49. The maximum absolute atomic E-state index is 13.7. The summed E-state index contributed by atoms with van der Waals surface area (Å²) < 4.78 is 92.8.